The third kappa shape index (κ3) is 3.09. The summed E-state index contributed by atoms with van der Waals surface area (Å²) in [5, 5.41) is 0.432. The molecule has 0 unspecified atom stereocenters. The van der Waals surface area contributed by atoms with Gasteiger partial charge in [0.2, 0.25) is 0 Å². The molecule has 0 saturated carbocycles. The fourth-order valence-corrected chi connectivity index (χ4v) is 2.20. The molecule has 0 aromatic carbocycles. The standard InChI is InChI=1S/C11H9Br2ClN2O/c1-2-3-6-4-9(14)16-11(15-6)8-5-7(12)10(13)17-8/h4-5H,2-3H2,1H3. The highest BCUT2D eigenvalue weighted by Crippen LogP contribution is 2.31. The SMILES string of the molecule is CCCc1cc(Cl)nc(-c2cc(Br)c(Br)o2)n1. The van der Waals surface area contributed by atoms with Crippen molar-refractivity contribution >= 4 is 43.5 Å². The summed E-state index contributed by atoms with van der Waals surface area (Å²) in [5.41, 5.74) is 0.922. The predicted octanol–water partition coefficient (Wildman–Crippen LogP) is 4.87. The van der Waals surface area contributed by atoms with E-state index in [1.54, 1.807) is 6.07 Å². The Morgan fingerprint density at radius 1 is 1.29 bits per heavy atom. The first kappa shape index (κ1) is 13.1. The van der Waals surface area contributed by atoms with Crippen LogP contribution in [0.15, 0.2) is 25.7 Å². The molecular weight excluding hydrogens is 371 g/mol. The number of rotatable bonds is 3. The van der Waals surface area contributed by atoms with Crippen LogP contribution in [0.5, 0.6) is 0 Å². The summed E-state index contributed by atoms with van der Waals surface area (Å²) in [4.78, 5) is 8.58. The normalized spacial score (nSPS) is 10.8. The Kier molecular flexibility index (Phi) is 4.22. The van der Waals surface area contributed by atoms with Crippen LogP contribution < -0.4 is 0 Å². The van der Waals surface area contributed by atoms with Gasteiger partial charge in [0.05, 0.1) is 4.47 Å². The van der Waals surface area contributed by atoms with Crippen molar-refractivity contribution in [3.05, 3.63) is 32.1 Å². The molecule has 0 N–H and O–H groups in total. The lowest BCUT2D eigenvalue weighted by molar-refractivity contribution is 0.549. The molecule has 0 amide bonds. The zero-order valence-electron chi connectivity index (χ0n) is 9.01. The summed E-state index contributed by atoms with van der Waals surface area (Å²) in [6.45, 7) is 2.09. The highest BCUT2D eigenvalue weighted by molar-refractivity contribution is 9.13. The fourth-order valence-electron chi connectivity index (χ4n) is 1.42. The molecule has 0 radical (unpaired) electrons. The smallest absolute Gasteiger partial charge is 0.197 e. The number of furan rings is 1. The van der Waals surface area contributed by atoms with Crippen molar-refractivity contribution in [2.24, 2.45) is 0 Å². The minimum atomic E-state index is 0.432. The van der Waals surface area contributed by atoms with Crippen molar-refractivity contribution in [2.45, 2.75) is 19.8 Å². The van der Waals surface area contributed by atoms with Crippen LogP contribution in [0.25, 0.3) is 11.6 Å². The number of halogens is 3. The van der Waals surface area contributed by atoms with Crippen molar-refractivity contribution in [3.63, 3.8) is 0 Å². The van der Waals surface area contributed by atoms with Gasteiger partial charge in [0.25, 0.3) is 0 Å². The molecule has 90 valence electrons. The predicted molar refractivity (Wildman–Crippen MR) is 74.1 cm³/mol. The third-order valence-corrected chi connectivity index (χ3v) is 4.02. The Hall–Kier alpha value is -0.390. The molecule has 0 atom stereocenters. The van der Waals surface area contributed by atoms with E-state index in [2.05, 4.69) is 48.8 Å². The molecule has 0 bridgehead atoms. The van der Waals surface area contributed by atoms with Gasteiger partial charge in [-0.05, 0) is 44.3 Å². The molecule has 2 rings (SSSR count). The van der Waals surface area contributed by atoms with E-state index in [1.165, 1.54) is 0 Å². The molecule has 0 aliphatic carbocycles. The average molecular weight is 380 g/mol. The van der Waals surface area contributed by atoms with E-state index in [0.717, 1.165) is 23.0 Å². The largest absolute Gasteiger partial charge is 0.445 e. The number of aromatic nitrogens is 2. The molecule has 2 aromatic heterocycles. The topological polar surface area (TPSA) is 38.9 Å². The van der Waals surface area contributed by atoms with Crippen LogP contribution in [0.1, 0.15) is 19.0 Å². The molecule has 0 fully saturated rings. The van der Waals surface area contributed by atoms with E-state index in [4.69, 9.17) is 16.0 Å². The lowest BCUT2D eigenvalue weighted by atomic mass is 10.2. The lowest BCUT2D eigenvalue weighted by Gasteiger charge is -2.01. The van der Waals surface area contributed by atoms with Gasteiger partial charge in [-0.1, -0.05) is 24.9 Å². The number of hydrogen-bond donors (Lipinski definition) is 0. The summed E-state index contributed by atoms with van der Waals surface area (Å²) in [7, 11) is 0. The van der Waals surface area contributed by atoms with Gasteiger partial charge in [0.1, 0.15) is 5.15 Å². The maximum Gasteiger partial charge on any atom is 0.197 e. The summed E-state index contributed by atoms with van der Waals surface area (Å²) in [6, 6.07) is 3.59. The van der Waals surface area contributed by atoms with Crippen LogP contribution in [0.2, 0.25) is 5.15 Å². The molecule has 2 heterocycles. The lowest BCUT2D eigenvalue weighted by Crippen LogP contribution is -1.95. The zero-order chi connectivity index (χ0) is 12.4. The van der Waals surface area contributed by atoms with Crippen molar-refractivity contribution in [3.8, 4) is 11.6 Å². The highest BCUT2D eigenvalue weighted by atomic mass is 79.9. The van der Waals surface area contributed by atoms with E-state index >= 15 is 0 Å². The molecule has 0 spiro atoms. The molecule has 3 nitrogen and oxygen atoms in total. The van der Waals surface area contributed by atoms with E-state index in [-0.39, 0.29) is 0 Å². The third-order valence-electron chi connectivity index (χ3n) is 2.12. The maximum absolute atomic E-state index is 5.97. The van der Waals surface area contributed by atoms with Gasteiger partial charge < -0.3 is 4.42 Å². The van der Waals surface area contributed by atoms with Crippen LogP contribution in [-0.4, -0.2) is 9.97 Å². The van der Waals surface area contributed by atoms with Crippen LogP contribution in [0.4, 0.5) is 0 Å². The summed E-state index contributed by atoms with van der Waals surface area (Å²) < 4.78 is 6.92. The summed E-state index contributed by atoms with van der Waals surface area (Å²) >= 11 is 12.6. The van der Waals surface area contributed by atoms with Gasteiger partial charge in [0, 0.05) is 11.8 Å². The average Bonchev–Trinajstić information content (AvgIpc) is 2.59. The van der Waals surface area contributed by atoms with Crippen LogP contribution in [0, 0.1) is 0 Å². The second-order valence-corrected chi connectivity index (χ2v) is 5.45. The van der Waals surface area contributed by atoms with Gasteiger partial charge in [-0.25, -0.2) is 9.97 Å². The first-order valence-corrected chi connectivity index (χ1v) is 7.05. The molecular formula is C11H9Br2ClN2O. The van der Waals surface area contributed by atoms with Gasteiger partial charge in [-0.2, -0.15) is 0 Å². The molecule has 0 saturated heterocycles. The second kappa shape index (κ2) is 5.50. The van der Waals surface area contributed by atoms with Gasteiger partial charge >= 0.3 is 0 Å². The Morgan fingerprint density at radius 2 is 2.06 bits per heavy atom. The minimum absolute atomic E-state index is 0.432. The molecule has 6 heteroatoms. The van der Waals surface area contributed by atoms with Gasteiger partial charge in [0.15, 0.2) is 16.3 Å². The first-order valence-electron chi connectivity index (χ1n) is 5.08. The van der Waals surface area contributed by atoms with E-state index in [1.807, 2.05) is 6.07 Å². The van der Waals surface area contributed by atoms with Crippen LogP contribution in [-0.2, 0) is 6.42 Å². The number of hydrogen-bond acceptors (Lipinski definition) is 3. The second-order valence-electron chi connectivity index (χ2n) is 3.49. The first-order chi connectivity index (χ1) is 8.10. The Bertz CT molecular complexity index is 523. The summed E-state index contributed by atoms with van der Waals surface area (Å²) in [6.07, 6.45) is 1.89. The van der Waals surface area contributed by atoms with E-state index in [0.29, 0.717) is 21.4 Å². The number of nitrogens with zero attached hydrogens (tertiary/aromatic N) is 2. The van der Waals surface area contributed by atoms with E-state index in [9.17, 15) is 0 Å². The van der Waals surface area contributed by atoms with E-state index < -0.39 is 0 Å². The highest BCUT2D eigenvalue weighted by Gasteiger charge is 2.12. The molecule has 2 aromatic rings. The van der Waals surface area contributed by atoms with Gasteiger partial charge in [-0.3, -0.25) is 0 Å². The minimum Gasteiger partial charge on any atom is -0.445 e. The quantitative estimate of drug-likeness (QED) is 0.713. The molecule has 17 heavy (non-hydrogen) atoms. The van der Waals surface area contributed by atoms with Crippen LogP contribution >= 0.6 is 43.5 Å². The monoisotopic (exact) mass is 378 g/mol. The van der Waals surface area contributed by atoms with Crippen molar-refractivity contribution in [1.29, 1.82) is 0 Å². The number of aryl methyl sites for hydroxylation is 1. The fraction of sp³-hybridized carbons (Fsp3) is 0.273. The zero-order valence-corrected chi connectivity index (χ0v) is 12.9. The molecule has 0 aliphatic rings. The Labute approximate surface area is 121 Å². The molecule has 0 aliphatic heterocycles. The Morgan fingerprint density at radius 3 is 2.65 bits per heavy atom. The summed E-state index contributed by atoms with van der Waals surface area (Å²) in [5.74, 6) is 1.09. The van der Waals surface area contributed by atoms with Crippen molar-refractivity contribution in [1.82, 2.24) is 9.97 Å². The Balaban J connectivity index is 2.44. The van der Waals surface area contributed by atoms with Crippen LogP contribution in [0.3, 0.4) is 0 Å². The maximum atomic E-state index is 5.97. The van der Waals surface area contributed by atoms with Crippen molar-refractivity contribution < 1.29 is 4.42 Å². The van der Waals surface area contributed by atoms with Gasteiger partial charge in [-0.15, -0.1) is 0 Å². The van der Waals surface area contributed by atoms with Crippen molar-refractivity contribution in [2.75, 3.05) is 0 Å².